The Hall–Kier alpha value is -1.87. The molecular formula is C12H12F2N2O4S. The van der Waals surface area contributed by atoms with Crippen molar-refractivity contribution in [3.63, 3.8) is 0 Å². The van der Waals surface area contributed by atoms with Crippen molar-refractivity contribution in [1.82, 2.24) is 9.62 Å². The van der Waals surface area contributed by atoms with Gasteiger partial charge in [-0.1, -0.05) is 6.92 Å². The number of hydrogen-bond acceptors (Lipinski definition) is 4. The molecule has 1 aromatic rings. The van der Waals surface area contributed by atoms with Crippen molar-refractivity contribution in [1.29, 1.82) is 0 Å². The lowest BCUT2D eigenvalue weighted by Crippen LogP contribution is -2.59. The standard InChI is InChI=1S/C12H12F2N2O4S/c1-2-10-12(18)15-11(17)6-16(10)21(19,20)9-4-7(13)3-8(14)5-9/h3-5,10H,2,6H2,1H3,(H,15,17,18). The second-order valence-corrected chi connectivity index (χ2v) is 6.38. The van der Waals surface area contributed by atoms with E-state index < -0.39 is 51.0 Å². The van der Waals surface area contributed by atoms with Gasteiger partial charge in [0, 0.05) is 6.07 Å². The van der Waals surface area contributed by atoms with Crippen molar-refractivity contribution in [2.75, 3.05) is 6.54 Å². The molecule has 2 rings (SSSR count). The van der Waals surface area contributed by atoms with E-state index in [2.05, 4.69) is 0 Å². The molecule has 0 radical (unpaired) electrons. The van der Waals surface area contributed by atoms with E-state index in [0.29, 0.717) is 22.5 Å². The van der Waals surface area contributed by atoms with Crippen molar-refractivity contribution >= 4 is 21.8 Å². The highest BCUT2D eigenvalue weighted by Gasteiger charge is 2.40. The van der Waals surface area contributed by atoms with Crippen LogP contribution in [0.15, 0.2) is 23.1 Å². The van der Waals surface area contributed by atoms with Crippen LogP contribution in [0.5, 0.6) is 0 Å². The molecule has 0 spiro atoms. The van der Waals surface area contributed by atoms with Crippen LogP contribution in [0.3, 0.4) is 0 Å². The maximum absolute atomic E-state index is 13.2. The van der Waals surface area contributed by atoms with Gasteiger partial charge in [0.25, 0.3) is 0 Å². The molecule has 21 heavy (non-hydrogen) atoms. The van der Waals surface area contributed by atoms with Gasteiger partial charge in [-0.25, -0.2) is 17.2 Å². The molecule has 1 N–H and O–H groups in total. The zero-order valence-electron chi connectivity index (χ0n) is 11.0. The average molecular weight is 318 g/mol. The van der Waals surface area contributed by atoms with E-state index in [1.807, 2.05) is 5.32 Å². The summed E-state index contributed by atoms with van der Waals surface area (Å²) >= 11 is 0. The van der Waals surface area contributed by atoms with Gasteiger partial charge in [-0.05, 0) is 18.6 Å². The highest BCUT2D eigenvalue weighted by atomic mass is 32.2. The van der Waals surface area contributed by atoms with Crippen LogP contribution in [0, 0.1) is 11.6 Å². The summed E-state index contributed by atoms with van der Waals surface area (Å²) < 4.78 is 51.9. The summed E-state index contributed by atoms with van der Waals surface area (Å²) in [5.41, 5.74) is 0. The molecule has 1 unspecified atom stereocenters. The molecule has 1 fully saturated rings. The molecule has 2 amide bonds. The monoisotopic (exact) mass is 318 g/mol. The van der Waals surface area contributed by atoms with Gasteiger partial charge in [-0.2, -0.15) is 4.31 Å². The third-order valence-corrected chi connectivity index (χ3v) is 4.87. The van der Waals surface area contributed by atoms with E-state index in [4.69, 9.17) is 0 Å². The van der Waals surface area contributed by atoms with Crippen LogP contribution in [-0.4, -0.2) is 37.1 Å². The lowest BCUT2D eigenvalue weighted by Gasteiger charge is -2.32. The Morgan fingerprint density at radius 2 is 1.81 bits per heavy atom. The number of piperazine rings is 1. The summed E-state index contributed by atoms with van der Waals surface area (Å²) in [7, 11) is -4.36. The lowest BCUT2D eigenvalue weighted by molar-refractivity contribution is -0.137. The van der Waals surface area contributed by atoms with Gasteiger partial charge in [0.05, 0.1) is 11.4 Å². The first-order chi connectivity index (χ1) is 9.75. The maximum atomic E-state index is 13.2. The Balaban J connectivity index is 2.50. The van der Waals surface area contributed by atoms with E-state index in [9.17, 15) is 26.8 Å². The molecule has 1 aliphatic rings. The minimum atomic E-state index is -4.36. The predicted molar refractivity (Wildman–Crippen MR) is 67.5 cm³/mol. The van der Waals surface area contributed by atoms with Crippen molar-refractivity contribution in [3.05, 3.63) is 29.8 Å². The molecule has 1 saturated heterocycles. The van der Waals surface area contributed by atoms with Crippen LogP contribution in [0.4, 0.5) is 8.78 Å². The molecule has 1 aromatic carbocycles. The second kappa shape index (κ2) is 5.49. The average Bonchev–Trinajstić information content (AvgIpc) is 2.36. The molecule has 114 valence electrons. The van der Waals surface area contributed by atoms with E-state index >= 15 is 0 Å². The number of rotatable bonds is 3. The number of sulfonamides is 1. The highest BCUT2D eigenvalue weighted by Crippen LogP contribution is 2.23. The van der Waals surface area contributed by atoms with Gasteiger partial charge >= 0.3 is 0 Å². The maximum Gasteiger partial charge on any atom is 0.245 e. The van der Waals surface area contributed by atoms with Crippen molar-refractivity contribution < 1.29 is 26.8 Å². The number of nitrogens with one attached hydrogen (secondary N) is 1. The zero-order valence-corrected chi connectivity index (χ0v) is 11.8. The van der Waals surface area contributed by atoms with Gasteiger partial charge in [-0.15, -0.1) is 0 Å². The normalized spacial score (nSPS) is 20.4. The third-order valence-electron chi connectivity index (χ3n) is 3.04. The molecule has 0 saturated carbocycles. The first-order valence-corrected chi connectivity index (χ1v) is 7.51. The Bertz CT molecular complexity index is 685. The molecule has 9 heteroatoms. The van der Waals surface area contributed by atoms with Crippen molar-refractivity contribution in [2.24, 2.45) is 0 Å². The number of imide groups is 1. The van der Waals surface area contributed by atoms with Crippen LogP contribution >= 0.6 is 0 Å². The van der Waals surface area contributed by atoms with Crippen molar-refractivity contribution in [2.45, 2.75) is 24.3 Å². The highest BCUT2D eigenvalue weighted by molar-refractivity contribution is 7.89. The Kier molecular flexibility index (Phi) is 4.06. The summed E-state index contributed by atoms with van der Waals surface area (Å²) in [6.07, 6.45) is 0.121. The first kappa shape index (κ1) is 15.5. The predicted octanol–water partition coefficient (Wildman–Crippen LogP) is 0.390. The van der Waals surface area contributed by atoms with E-state index in [1.54, 1.807) is 6.92 Å². The van der Waals surface area contributed by atoms with Gasteiger partial charge < -0.3 is 0 Å². The molecule has 1 heterocycles. The third kappa shape index (κ3) is 2.93. The number of carbonyl (C=O) groups excluding carboxylic acids is 2. The molecule has 0 bridgehead atoms. The van der Waals surface area contributed by atoms with Gasteiger partial charge in [0.1, 0.15) is 17.7 Å². The molecule has 0 aromatic heterocycles. The molecular weight excluding hydrogens is 306 g/mol. The summed E-state index contributed by atoms with van der Waals surface area (Å²) in [6, 6.07) is 0.716. The smallest absolute Gasteiger partial charge is 0.245 e. The van der Waals surface area contributed by atoms with Crippen LogP contribution < -0.4 is 5.32 Å². The molecule has 0 aliphatic carbocycles. The van der Waals surface area contributed by atoms with Crippen molar-refractivity contribution in [3.8, 4) is 0 Å². The molecule has 1 aliphatic heterocycles. The SMILES string of the molecule is CCC1C(=O)NC(=O)CN1S(=O)(=O)c1cc(F)cc(F)c1. The quantitative estimate of drug-likeness (QED) is 0.817. The Morgan fingerprint density at radius 3 is 2.33 bits per heavy atom. The fraction of sp³-hybridized carbons (Fsp3) is 0.333. The fourth-order valence-electron chi connectivity index (χ4n) is 2.10. The Morgan fingerprint density at radius 1 is 1.24 bits per heavy atom. The van der Waals surface area contributed by atoms with E-state index in [0.717, 1.165) is 0 Å². The summed E-state index contributed by atoms with van der Waals surface area (Å²) in [4.78, 5) is 22.4. The number of amides is 2. The second-order valence-electron chi connectivity index (χ2n) is 4.49. The van der Waals surface area contributed by atoms with Gasteiger partial charge in [0.2, 0.25) is 21.8 Å². The summed E-state index contributed by atoms with van der Waals surface area (Å²) in [5, 5.41) is 2.02. The number of carbonyl (C=O) groups is 2. The van der Waals surface area contributed by atoms with Crippen LogP contribution in [0.25, 0.3) is 0 Å². The minimum Gasteiger partial charge on any atom is -0.294 e. The Labute approximate surface area is 119 Å². The van der Waals surface area contributed by atoms with Gasteiger partial charge in [-0.3, -0.25) is 14.9 Å². The van der Waals surface area contributed by atoms with Gasteiger partial charge in [0.15, 0.2) is 0 Å². The topological polar surface area (TPSA) is 83.6 Å². The fourth-order valence-corrected chi connectivity index (χ4v) is 3.76. The van der Waals surface area contributed by atoms with Crippen LogP contribution in [0.2, 0.25) is 0 Å². The van der Waals surface area contributed by atoms with E-state index in [-0.39, 0.29) is 6.42 Å². The lowest BCUT2D eigenvalue weighted by atomic mass is 10.2. The number of nitrogens with zero attached hydrogens (tertiary/aromatic N) is 1. The largest absolute Gasteiger partial charge is 0.294 e. The van der Waals surface area contributed by atoms with E-state index in [1.165, 1.54) is 0 Å². The van der Waals surface area contributed by atoms with Crippen LogP contribution in [0.1, 0.15) is 13.3 Å². The summed E-state index contributed by atoms with van der Waals surface area (Å²) in [5.74, 6) is -3.66. The first-order valence-electron chi connectivity index (χ1n) is 6.07. The zero-order chi connectivity index (χ0) is 15.8. The summed E-state index contributed by atoms with van der Waals surface area (Å²) in [6.45, 7) is 0.986. The minimum absolute atomic E-state index is 0.121. The number of benzene rings is 1. The number of hydrogen-bond donors (Lipinski definition) is 1. The molecule has 1 atom stereocenters. The van der Waals surface area contributed by atoms with Crippen LogP contribution in [-0.2, 0) is 19.6 Å². The molecule has 6 nitrogen and oxygen atoms in total. The number of halogens is 2.